The van der Waals surface area contributed by atoms with E-state index in [-0.39, 0.29) is 12.6 Å². The SMILES string of the molecule is CC(C)CCC[C@@](C)(O)CCOC(=O)c1ccccc1. The summed E-state index contributed by atoms with van der Waals surface area (Å²) in [5.41, 5.74) is -0.210. The van der Waals surface area contributed by atoms with Crippen molar-refractivity contribution in [2.45, 2.75) is 52.1 Å². The Bertz CT molecular complexity index is 396. The summed E-state index contributed by atoms with van der Waals surface area (Å²) < 4.78 is 5.19. The Morgan fingerprint density at radius 3 is 2.50 bits per heavy atom. The molecule has 3 heteroatoms. The molecule has 0 aliphatic carbocycles. The van der Waals surface area contributed by atoms with Crippen LogP contribution in [-0.2, 0) is 4.74 Å². The van der Waals surface area contributed by atoms with Crippen LogP contribution >= 0.6 is 0 Å². The highest BCUT2D eigenvalue weighted by molar-refractivity contribution is 5.89. The van der Waals surface area contributed by atoms with E-state index in [2.05, 4.69) is 13.8 Å². The van der Waals surface area contributed by atoms with Crippen molar-refractivity contribution in [3.63, 3.8) is 0 Å². The van der Waals surface area contributed by atoms with Gasteiger partial charge in [0.25, 0.3) is 0 Å². The molecule has 0 spiro atoms. The molecule has 1 rings (SSSR count). The Balaban J connectivity index is 2.27. The fourth-order valence-electron chi connectivity index (χ4n) is 2.04. The number of aliphatic hydroxyl groups is 1. The third kappa shape index (κ3) is 6.71. The van der Waals surface area contributed by atoms with Gasteiger partial charge in [-0.15, -0.1) is 0 Å². The first-order valence-electron chi connectivity index (χ1n) is 7.35. The molecule has 0 bridgehead atoms. The van der Waals surface area contributed by atoms with E-state index in [1.165, 1.54) is 0 Å². The van der Waals surface area contributed by atoms with Crippen LogP contribution in [0.4, 0.5) is 0 Å². The average molecular weight is 278 g/mol. The smallest absolute Gasteiger partial charge is 0.338 e. The zero-order valence-corrected chi connectivity index (χ0v) is 12.8. The molecule has 0 aliphatic heterocycles. The van der Waals surface area contributed by atoms with Crippen molar-refractivity contribution in [3.05, 3.63) is 35.9 Å². The van der Waals surface area contributed by atoms with Gasteiger partial charge in [-0.3, -0.25) is 0 Å². The number of carbonyl (C=O) groups is 1. The highest BCUT2D eigenvalue weighted by Gasteiger charge is 2.20. The maximum absolute atomic E-state index is 11.7. The lowest BCUT2D eigenvalue weighted by molar-refractivity contribution is 0.00828. The molecule has 0 amide bonds. The molecule has 0 unspecified atom stereocenters. The number of ether oxygens (including phenoxy) is 1. The number of hydrogen-bond donors (Lipinski definition) is 1. The summed E-state index contributed by atoms with van der Waals surface area (Å²) in [6.07, 6.45) is 3.33. The molecule has 0 saturated carbocycles. The zero-order valence-electron chi connectivity index (χ0n) is 12.8. The topological polar surface area (TPSA) is 46.5 Å². The number of benzene rings is 1. The standard InChI is InChI=1S/C17H26O3/c1-14(2)8-7-11-17(3,19)12-13-20-16(18)15-9-5-4-6-10-15/h4-6,9-10,14,19H,7-8,11-13H2,1-3H3/t17-/m1/s1. The van der Waals surface area contributed by atoms with Crippen molar-refractivity contribution in [2.24, 2.45) is 5.92 Å². The van der Waals surface area contributed by atoms with Crippen LogP contribution < -0.4 is 0 Å². The lowest BCUT2D eigenvalue weighted by Crippen LogP contribution is -2.26. The predicted molar refractivity (Wildman–Crippen MR) is 80.7 cm³/mol. The van der Waals surface area contributed by atoms with E-state index in [4.69, 9.17) is 4.74 Å². The second kappa shape index (κ2) is 8.05. The van der Waals surface area contributed by atoms with Gasteiger partial charge in [0.2, 0.25) is 0 Å². The number of rotatable bonds is 8. The second-order valence-electron chi connectivity index (χ2n) is 6.03. The van der Waals surface area contributed by atoms with Crippen molar-refractivity contribution in [2.75, 3.05) is 6.61 Å². The first-order chi connectivity index (χ1) is 9.41. The molecular weight excluding hydrogens is 252 g/mol. The summed E-state index contributed by atoms with van der Waals surface area (Å²) in [6, 6.07) is 8.92. The van der Waals surface area contributed by atoms with E-state index in [0.717, 1.165) is 19.3 Å². The molecule has 1 aromatic rings. The van der Waals surface area contributed by atoms with Crippen molar-refractivity contribution in [1.82, 2.24) is 0 Å². The Kier molecular flexibility index (Phi) is 6.73. The van der Waals surface area contributed by atoms with Crippen molar-refractivity contribution in [3.8, 4) is 0 Å². The minimum Gasteiger partial charge on any atom is -0.462 e. The third-order valence-corrected chi connectivity index (χ3v) is 3.38. The van der Waals surface area contributed by atoms with Gasteiger partial charge in [0.15, 0.2) is 0 Å². The van der Waals surface area contributed by atoms with Crippen LogP contribution in [0.2, 0.25) is 0 Å². The highest BCUT2D eigenvalue weighted by Crippen LogP contribution is 2.20. The Morgan fingerprint density at radius 1 is 1.25 bits per heavy atom. The predicted octanol–water partition coefficient (Wildman–Crippen LogP) is 3.81. The van der Waals surface area contributed by atoms with Gasteiger partial charge in [0.1, 0.15) is 0 Å². The monoisotopic (exact) mass is 278 g/mol. The first-order valence-corrected chi connectivity index (χ1v) is 7.35. The lowest BCUT2D eigenvalue weighted by Gasteiger charge is -2.23. The van der Waals surface area contributed by atoms with Crippen LogP contribution in [0.15, 0.2) is 30.3 Å². The molecule has 3 nitrogen and oxygen atoms in total. The van der Waals surface area contributed by atoms with E-state index in [1.54, 1.807) is 24.3 Å². The van der Waals surface area contributed by atoms with Gasteiger partial charge in [-0.05, 0) is 31.4 Å². The summed E-state index contributed by atoms with van der Waals surface area (Å²) in [4.78, 5) is 11.7. The highest BCUT2D eigenvalue weighted by atomic mass is 16.5. The fourth-order valence-corrected chi connectivity index (χ4v) is 2.04. The summed E-state index contributed by atoms with van der Waals surface area (Å²) in [7, 11) is 0. The lowest BCUT2D eigenvalue weighted by atomic mass is 9.93. The largest absolute Gasteiger partial charge is 0.462 e. The molecule has 0 aromatic heterocycles. The number of esters is 1. The molecular formula is C17H26O3. The van der Waals surface area contributed by atoms with Crippen molar-refractivity contribution >= 4 is 5.97 Å². The molecule has 0 heterocycles. The summed E-state index contributed by atoms with van der Waals surface area (Å²) in [5.74, 6) is 0.324. The maximum Gasteiger partial charge on any atom is 0.338 e. The van der Waals surface area contributed by atoms with E-state index >= 15 is 0 Å². The number of carbonyl (C=O) groups excluding carboxylic acids is 1. The summed E-state index contributed by atoms with van der Waals surface area (Å²) in [6.45, 7) is 6.42. The van der Waals surface area contributed by atoms with E-state index in [1.807, 2.05) is 13.0 Å². The van der Waals surface area contributed by atoms with E-state index in [0.29, 0.717) is 17.9 Å². The summed E-state index contributed by atoms with van der Waals surface area (Å²) >= 11 is 0. The van der Waals surface area contributed by atoms with Gasteiger partial charge < -0.3 is 9.84 Å². The van der Waals surface area contributed by atoms with Crippen LogP contribution in [0, 0.1) is 5.92 Å². The van der Waals surface area contributed by atoms with Gasteiger partial charge in [-0.2, -0.15) is 0 Å². The van der Waals surface area contributed by atoms with Crippen LogP contribution in [0.3, 0.4) is 0 Å². The number of hydrogen-bond acceptors (Lipinski definition) is 3. The molecule has 1 atom stereocenters. The fraction of sp³-hybridized carbons (Fsp3) is 0.588. The van der Waals surface area contributed by atoms with Gasteiger partial charge in [-0.1, -0.05) is 44.9 Å². The Labute approximate surface area is 122 Å². The quantitative estimate of drug-likeness (QED) is 0.735. The van der Waals surface area contributed by atoms with Gasteiger partial charge in [0, 0.05) is 6.42 Å². The Hall–Kier alpha value is -1.35. The van der Waals surface area contributed by atoms with Gasteiger partial charge in [-0.25, -0.2) is 4.79 Å². The normalized spacial score (nSPS) is 14.1. The van der Waals surface area contributed by atoms with Gasteiger partial charge in [0.05, 0.1) is 17.8 Å². The molecule has 0 radical (unpaired) electrons. The molecule has 20 heavy (non-hydrogen) atoms. The minimum atomic E-state index is -0.758. The molecule has 0 fully saturated rings. The molecule has 1 N–H and O–H groups in total. The second-order valence-corrected chi connectivity index (χ2v) is 6.03. The third-order valence-electron chi connectivity index (χ3n) is 3.38. The molecule has 1 aromatic carbocycles. The first kappa shape index (κ1) is 16.7. The molecule has 112 valence electrons. The van der Waals surface area contributed by atoms with E-state index in [9.17, 15) is 9.90 Å². The van der Waals surface area contributed by atoms with E-state index < -0.39 is 5.60 Å². The van der Waals surface area contributed by atoms with Crippen LogP contribution in [0.25, 0.3) is 0 Å². The van der Waals surface area contributed by atoms with Crippen LogP contribution in [0.1, 0.15) is 56.8 Å². The average Bonchev–Trinajstić information content (AvgIpc) is 2.38. The minimum absolute atomic E-state index is 0.252. The van der Waals surface area contributed by atoms with Crippen LogP contribution in [-0.4, -0.2) is 23.3 Å². The maximum atomic E-state index is 11.7. The Morgan fingerprint density at radius 2 is 1.90 bits per heavy atom. The van der Waals surface area contributed by atoms with Crippen molar-refractivity contribution in [1.29, 1.82) is 0 Å². The van der Waals surface area contributed by atoms with Crippen molar-refractivity contribution < 1.29 is 14.6 Å². The zero-order chi connectivity index (χ0) is 15.0. The van der Waals surface area contributed by atoms with Crippen LogP contribution in [0.5, 0.6) is 0 Å². The molecule has 0 aliphatic rings. The summed E-state index contributed by atoms with van der Waals surface area (Å²) in [5, 5.41) is 10.2. The molecule has 0 saturated heterocycles. The van der Waals surface area contributed by atoms with Gasteiger partial charge >= 0.3 is 5.97 Å².